The Hall–Kier alpha value is -3.34. The minimum absolute atomic E-state index is 0.0805. The fraction of sp³-hybridized carbons (Fsp3) is 0.0526. The van der Waals surface area contributed by atoms with Crippen LogP contribution in [0.5, 0.6) is 5.75 Å². The van der Waals surface area contributed by atoms with Crippen molar-refractivity contribution in [3.63, 3.8) is 0 Å². The molecule has 0 atom stereocenters. The Bertz CT molecular complexity index is 948. The largest absolute Gasteiger partial charge is 0.507 e. The molecule has 0 aliphatic rings. The molecule has 0 bridgehead atoms. The molecule has 24 heavy (non-hydrogen) atoms. The third-order valence-corrected chi connectivity index (χ3v) is 3.74. The van der Waals surface area contributed by atoms with Crippen LogP contribution in [0.1, 0.15) is 22.8 Å². The maximum Gasteiger partial charge on any atom is 0.275 e. The lowest BCUT2D eigenvalue weighted by Crippen LogP contribution is -2.19. The number of nitrogens with one attached hydrogen (secondary N) is 1. The maximum atomic E-state index is 12.3. The zero-order valence-corrected chi connectivity index (χ0v) is 13.2. The van der Waals surface area contributed by atoms with Gasteiger partial charge in [0.25, 0.3) is 5.91 Å². The van der Waals surface area contributed by atoms with E-state index < -0.39 is 5.91 Å². The number of anilines is 1. The Balaban J connectivity index is 1.84. The second-order valence-corrected chi connectivity index (χ2v) is 5.48. The van der Waals surface area contributed by atoms with Gasteiger partial charge in [0.1, 0.15) is 5.75 Å². The van der Waals surface area contributed by atoms with E-state index >= 15 is 0 Å². The first kappa shape index (κ1) is 15.6. The van der Waals surface area contributed by atoms with Gasteiger partial charge in [0.2, 0.25) is 0 Å². The predicted octanol–water partition coefficient (Wildman–Crippen LogP) is 3.28. The van der Waals surface area contributed by atoms with Crippen molar-refractivity contribution < 1.29 is 9.90 Å². The van der Waals surface area contributed by atoms with Gasteiger partial charge in [-0.15, -0.1) is 0 Å². The highest BCUT2D eigenvalue weighted by atomic mass is 16.3. The lowest BCUT2D eigenvalue weighted by molar-refractivity contribution is 0.0952. The van der Waals surface area contributed by atoms with Gasteiger partial charge in [0.05, 0.1) is 11.3 Å². The highest BCUT2D eigenvalue weighted by Crippen LogP contribution is 2.24. The fourth-order valence-corrected chi connectivity index (χ4v) is 2.43. The minimum atomic E-state index is -0.471. The van der Waals surface area contributed by atoms with Crippen LogP contribution in [0.4, 0.5) is 5.69 Å². The summed E-state index contributed by atoms with van der Waals surface area (Å²) in [4.78, 5) is 12.3. The number of aromatic hydroxyl groups is 1. The first-order valence-corrected chi connectivity index (χ1v) is 7.47. The average molecular weight is 319 g/mol. The maximum absolute atomic E-state index is 12.3. The van der Waals surface area contributed by atoms with Crippen LogP contribution in [-0.2, 0) is 0 Å². The topological polar surface area (TPSA) is 87.7 Å². The molecule has 0 aromatic heterocycles. The molecule has 120 valence electrons. The SMILES string of the molecule is CC(=NNC(=O)c1cc2ccccc2cc1O)c1cccc(N)c1. The lowest BCUT2D eigenvalue weighted by Gasteiger charge is -2.07. The molecular formula is C19H17N3O2. The molecule has 0 spiro atoms. The van der Waals surface area contributed by atoms with Crippen molar-refractivity contribution in [1.82, 2.24) is 5.43 Å². The number of carbonyl (C=O) groups is 1. The molecule has 0 saturated heterocycles. The zero-order chi connectivity index (χ0) is 17.1. The summed E-state index contributed by atoms with van der Waals surface area (Å²) in [6, 6.07) is 18.0. The molecule has 0 aliphatic carbocycles. The quantitative estimate of drug-likeness (QED) is 0.393. The van der Waals surface area contributed by atoms with Gasteiger partial charge >= 0.3 is 0 Å². The average Bonchev–Trinajstić information content (AvgIpc) is 2.58. The van der Waals surface area contributed by atoms with Gasteiger partial charge in [-0.05, 0) is 47.5 Å². The van der Waals surface area contributed by atoms with E-state index in [0.717, 1.165) is 16.3 Å². The Morgan fingerprint density at radius 2 is 1.75 bits per heavy atom. The summed E-state index contributed by atoms with van der Waals surface area (Å²) in [7, 11) is 0. The van der Waals surface area contributed by atoms with Crippen LogP contribution in [-0.4, -0.2) is 16.7 Å². The van der Waals surface area contributed by atoms with Gasteiger partial charge in [0.15, 0.2) is 0 Å². The number of hydrogen-bond donors (Lipinski definition) is 3. The molecular weight excluding hydrogens is 302 g/mol. The van der Waals surface area contributed by atoms with Crippen molar-refractivity contribution in [3.8, 4) is 5.75 Å². The molecule has 5 heteroatoms. The Morgan fingerprint density at radius 1 is 1.04 bits per heavy atom. The number of nitrogens with two attached hydrogens (primary N) is 1. The first-order chi connectivity index (χ1) is 11.5. The van der Waals surface area contributed by atoms with Crippen molar-refractivity contribution in [2.24, 2.45) is 5.10 Å². The molecule has 3 aromatic rings. The van der Waals surface area contributed by atoms with Gasteiger partial charge in [-0.25, -0.2) is 5.43 Å². The van der Waals surface area contributed by atoms with Gasteiger partial charge in [-0.3, -0.25) is 4.79 Å². The third-order valence-electron chi connectivity index (χ3n) is 3.74. The van der Waals surface area contributed by atoms with E-state index in [2.05, 4.69) is 10.5 Å². The number of carbonyl (C=O) groups excluding carboxylic acids is 1. The number of benzene rings is 3. The van der Waals surface area contributed by atoms with Crippen LogP contribution in [0, 0.1) is 0 Å². The van der Waals surface area contributed by atoms with Gasteiger partial charge < -0.3 is 10.8 Å². The lowest BCUT2D eigenvalue weighted by atomic mass is 10.1. The molecule has 0 radical (unpaired) electrons. The Labute approximate surface area is 139 Å². The van der Waals surface area contributed by atoms with Crippen LogP contribution in [0.2, 0.25) is 0 Å². The van der Waals surface area contributed by atoms with E-state index in [0.29, 0.717) is 11.4 Å². The molecule has 3 rings (SSSR count). The standard InChI is InChI=1S/C19H17N3O2/c1-12(13-7-4-8-16(20)9-13)21-22-19(24)17-10-14-5-2-3-6-15(14)11-18(17)23/h2-11,23H,20H2,1H3,(H,22,24). The summed E-state index contributed by atoms with van der Waals surface area (Å²) in [6.45, 7) is 1.77. The van der Waals surface area contributed by atoms with Gasteiger partial charge in [0, 0.05) is 5.69 Å². The highest BCUT2D eigenvalue weighted by Gasteiger charge is 2.12. The molecule has 0 saturated carbocycles. The van der Waals surface area contributed by atoms with E-state index in [4.69, 9.17) is 5.73 Å². The van der Waals surface area contributed by atoms with E-state index in [1.165, 1.54) is 0 Å². The van der Waals surface area contributed by atoms with Crippen LogP contribution in [0.15, 0.2) is 65.8 Å². The molecule has 4 N–H and O–H groups in total. The van der Waals surface area contributed by atoms with E-state index in [1.807, 2.05) is 36.4 Å². The predicted molar refractivity (Wildman–Crippen MR) is 96.1 cm³/mol. The van der Waals surface area contributed by atoms with Crippen LogP contribution in [0.3, 0.4) is 0 Å². The number of nitrogen functional groups attached to an aromatic ring is 1. The first-order valence-electron chi connectivity index (χ1n) is 7.47. The number of rotatable bonds is 3. The second-order valence-electron chi connectivity index (χ2n) is 5.48. The molecule has 0 heterocycles. The molecule has 0 unspecified atom stereocenters. The summed E-state index contributed by atoms with van der Waals surface area (Å²) in [5.41, 5.74) is 10.5. The summed E-state index contributed by atoms with van der Waals surface area (Å²) < 4.78 is 0. The number of phenols is 1. The van der Waals surface area contributed by atoms with Crippen molar-refractivity contribution in [2.45, 2.75) is 6.92 Å². The molecule has 0 fully saturated rings. The Morgan fingerprint density at radius 3 is 2.46 bits per heavy atom. The number of phenolic OH excluding ortho intramolecular Hbond substituents is 1. The summed E-state index contributed by atoms with van der Waals surface area (Å²) in [5, 5.41) is 15.9. The highest BCUT2D eigenvalue weighted by molar-refractivity contribution is 6.03. The second kappa shape index (κ2) is 6.42. The van der Waals surface area contributed by atoms with Crippen LogP contribution in [0.25, 0.3) is 10.8 Å². The van der Waals surface area contributed by atoms with E-state index in [-0.39, 0.29) is 11.3 Å². The van der Waals surface area contributed by atoms with E-state index in [9.17, 15) is 9.90 Å². The van der Waals surface area contributed by atoms with Crippen molar-refractivity contribution in [2.75, 3.05) is 5.73 Å². The third kappa shape index (κ3) is 3.20. The van der Waals surface area contributed by atoms with Crippen LogP contribution < -0.4 is 11.2 Å². The number of amides is 1. The normalized spacial score (nSPS) is 11.5. The number of hydrogen-bond acceptors (Lipinski definition) is 4. The van der Waals surface area contributed by atoms with Crippen molar-refractivity contribution in [3.05, 3.63) is 71.8 Å². The summed E-state index contributed by atoms with van der Waals surface area (Å²) in [5.74, 6) is -0.551. The molecule has 0 aliphatic heterocycles. The smallest absolute Gasteiger partial charge is 0.275 e. The minimum Gasteiger partial charge on any atom is -0.507 e. The van der Waals surface area contributed by atoms with Gasteiger partial charge in [-0.2, -0.15) is 5.10 Å². The monoisotopic (exact) mass is 319 g/mol. The summed E-state index contributed by atoms with van der Waals surface area (Å²) >= 11 is 0. The molecule has 5 nitrogen and oxygen atoms in total. The Kier molecular flexibility index (Phi) is 4.16. The van der Waals surface area contributed by atoms with Crippen LogP contribution >= 0.6 is 0 Å². The fourth-order valence-electron chi connectivity index (χ4n) is 2.43. The number of hydrazone groups is 1. The zero-order valence-electron chi connectivity index (χ0n) is 13.2. The number of fused-ring (bicyclic) bond motifs is 1. The van der Waals surface area contributed by atoms with Crippen molar-refractivity contribution >= 4 is 28.1 Å². The molecule has 1 amide bonds. The summed E-state index contributed by atoms with van der Waals surface area (Å²) in [6.07, 6.45) is 0. The number of nitrogens with zero attached hydrogens (tertiary/aromatic N) is 1. The van der Waals surface area contributed by atoms with E-state index in [1.54, 1.807) is 31.2 Å². The van der Waals surface area contributed by atoms with Crippen molar-refractivity contribution in [1.29, 1.82) is 0 Å². The van der Waals surface area contributed by atoms with Gasteiger partial charge in [-0.1, -0.05) is 36.4 Å². The molecule has 3 aromatic carbocycles.